The predicted octanol–water partition coefficient (Wildman–Crippen LogP) is 2.99. The Morgan fingerprint density at radius 3 is 2.88 bits per heavy atom. The standard InChI is InChI=1S/C10H15N5S2/c1-4-5-7-8(17-14-11-7)9-12-13-10(16)15(9)6(2)3/h6H,4-5H2,1-3H3,(H,13,16). The molecule has 0 bridgehead atoms. The van der Waals surface area contributed by atoms with E-state index in [9.17, 15) is 0 Å². The lowest BCUT2D eigenvalue weighted by Gasteiger charge is -2.09. The lowest BCUT2D eigenvalue weighted by Crippen LogP contribution is -2.03. The second-order valence-corrected chi connectivity index (χ2v) is 5.26. The van der Waals surface area contributed by atoms with E-state index in [1.807, 2.05) is 4.57 Å². The molecule has 5 nitrogen and oxygen atoms in total. The fourth-order valence-electron chi connectivity index (χ4n) is 1.72. The number of hydrogen-bond acceptors (Lipinski definition) is 5. The second kappa shape index (κ2) is 5.05. The molecular weight excluding hydrogens is 254 g/mol. The molecule has 92 valence electrons. The third-order valence-electron chi connectivity index (χ3n) is 2.47. The summed E-state index contributed by atoms with van der Waals surface area (Å²) < 4.78 is 6.67. The number of rotatable bonds is 4. The zero-order valence-corrected chi connectivity index (χ0v) is 11.7. The van der Waals surface area contributed by atoms with Gasteiger partial charge in [0.2, 0.25) is 0 Å². The molecule has 17 heavy (non-hydrogen) atoms. The second-order valence-electron chi connectivity index (χ2n) is 4.11. The summed E-state index contributed by atoms with van der Waals surface area (Å²) in [6, 6.07) is 0.271. The van der Waals surface area contributed by atoms with E-state index in [1.165, 1.54) is 11.5 Å². The summed E-state index contributed by atoms with van der Waals surface area (Å²) in [5, 5.41) is 11.3. The lowest BCUT2D eigenvalue weighted by molar-refractivity contribution is 0.597. The summed E-state index contributed by atoms with van der Waals surface area (Å²) in [7, 11) is 0. The molecule has 0 saturated carbocycles. The summed E-state index contributed by atoms with van der Waals surface area (Å²) in [4.78, 5) is 1.02. The van der Waals surface area contributed by atoms with Crippen LogP contribution in [-0.2, 0) is 6.42 Å². The van der Waals surface area contributed by atoms with Gasteiger partial charge in [-0.1, -0.05) is 17.8 Å². The van der Waals surface area contributed by atoms with Gasteiger partial charge >= 0.3 is 0 Å². The van der Waals surface area contributed by atoms with Crippen molar-refractivity contribution < 1.29 is 0 Å². The Labute approximate surface area is 109 Å². The molecule has 0 amide bonds. The van der Waals surface area contributed by atoms with Gasteiger partial charge in [-0.05, 0) is 44.0 Å². The Bertz CT molecular complexity index is 551. The molecule has 0 radical (unpaired) electrons. The molecular formula is C10H15N5S2. The number of hydrogen-bond donors (Lipinski definition) is 1. The van der Waals surface area contributed by atoms with Crippen LogP contribution in [-0.4, -0.2) is 24.4 Å². The molecule has 0 aliphatic carbocycles. The van der Waals surface area contributed by atoms with Crippen LogP contribution in [0.5, 0.6) is 0 Å². The van der Waals surface area contributed by atoms with Crippen LogP contribution >= 0.6 is 23.8 Å². The zero-order chi connectivity index (χ0) is 12.4. The first-order valence-corrected chi connectivity index (χ1v) is 6.81. The third kappa shape index (κ3) is 2.30. The molecule has 2 aromatic heterocycles. The largest absolute Gasteiger partial charge is 0.297 e. The molecule has 0 spiro atoms. The quantitative estimate of drug-likeness (QED) is 0.867. The Kier molecular flexibility index (Phi) is 3.68. The average molecular weight is 269 g/mol. The molecule has 7 heteroatoms. The molecule has 2 aromatic rings. The fraction of sp³-hybridized carbons (Fsp3) is 0.600. The lowest BCUT2D eigenvalue weighted by atomic mass is 10.2. The monoisotopic (exact) mass is 269 g/mol. The Hall–Kier alpha value is -1.08. The molecule has 0 saturated heterocycles. The molecule has 2 rings (SSSR count). The van der Waals surface area contributed by atoms with Crippen LogP contribution in [0.1, 0.15) is 38.9 Å². The van der Waals surface area contributed by atoms with Crippen LogP contribution in [0.25, 0.3) is 10.7 Å². The number of H-pyrrole nitrogens is 1. The number of nitrogens with zero attached hydrogens (tertiary/aromatic N) is 4. The van der Waals surface area contributed by atoms with Crippen molar-refractivity contribution in [3.05, 3.63) is 10.5 Å². The van der Waals surface area contributed by atoms with E-state index in [2.05, 4.69) is 40.6 Å². The summed E-state index contributed by atoms with van der Waals surface area (Å²) in [5.74, 6) is 0.850. The van der Waals surface area contributed by atoms with Crippen molar-refractivity contribution in [3.63, 3.8) is 0 Å². The first-order valence-electron chi connectivity index (χ1n) is 5.63. The van der Waals surface area contributed by atoms with Gasteiger partial charge < -0.3 is 0 Å². The van der Waals surface area contributed by atoms with Crippen LogP contribution in [0, 0.1) is 4.77 Å². The molecule has 0 unspecified atom stereocenters. The highest BCUT2D eigenvalue weighted by atomic mass is 32.1. The van der Waals surface area contributed by atoms with Crippen LogP contribution in [0.2, 0.25) is 0 Å². The number of aromatic amines is 1. The summed E-state index contributed by atoms with van der Waals surface area (Å²) in [6.45, 7) is 6.30. The molecule has 0 atom stereocenters. The molecule has 0 aliphatic rings. The fourth-order valence-corrected chi connectivity index (χ4v) is 2.76. The van der Waals surface area contributed by atoms with Crippen LogP contribution in [0.3, 0.4) is 0 Å². The van der Waals surface area contributed by atoms with Gasteiger partial charge in [0.25, 0.3) is 0 Å². The minimum Gasteiger partial charge on any atom is -0.297 e. The van der Waals surface area contributed by atoms with Crippen LogP contribution in [0.15, 0.2) is 0 Å². The van der Waals surface area contributed by atoms with Gasteiger partial charge in [0.05, 0.1) is 5.69 Å². The van der Waals surface area contributed by atoms with Gasteiger partial charge in [-0.3, -0.25) is 9.67 Å². The van der Waals surface area contributed by atoms with E-state index >= 15 is 0 Å². The first kappa shape index (κ1) is 12.4. The SMILES string of the molecule is CCCc1nnsc1-c1n[nH]c(=S)n1C(C)C. The van der Waals surface area contributed by atoms with Crippen molar-refractivity contribution in [1.29, 1.82) is 0 Å². The number of aryl methyl sites for hydroxylation is 1. The van der Waals surface area contributed by atoms with E-state index in [1.54, 1.807) is 0 Å². The Morgan fingerprint density at radius 2 is 2.24 bits per heavy atom. The van der Waals surface area contributed by atoms with Gasteiger partial charge in [0.1, 0.15) is 4.88 Å². The number of nitrogens with one attached hydrogen (secondary N) is 1. The smallest absolute Gasteiger partial charge is 0.195 e. The van der Waals surface area contributed by atoms with Crippen molar-refractivity contribution in [1.82, 2.24) is 24.4 Å². The summed E-state index contributed by atoms with van der Waals surface area (Å²) in [5.41, 5.74) is 1.01. The van der Waals surface area contributed by atoms with Gasteiger partial charge in [0, 0.05) is 6.04 Å². The van der Waals surface area contributed by atoms with E-state index in [0.717, 1.165) is 29.2 Å². The van der Waals surface area contributed by atoms with Crippen LogP contribution in [0.4, 0.5) is 0 Å². The van der Waals surface area contributed by atoms with Crippen molar-refractivity contribution >= 4 is 23.8 Å². The van der Waals surface area contributed by atoms with Crippen molar-refractivity contribution in [2.75, 3.05) is 0 Å². The maximum Gasteiger partial charge on any atom is 0.195 e. The molecule has 2 heterocycles. The molecule has 0 aromatic carbocycles. The minimum atomic E-state index is 0.271. The van der Waals surface area contributed by atoms with Crippen molar-refractivity contribution in [2.45, 2.75) is 39.7 Å². The molecule has 0 aliphatic heterocycles. The maximum atomic E-state index is 5.24. The first-order chi connectivity index (χ1) is 8.15. The normalized spacial score (nSPS) is 11.3. The predicted molar refractivity (Wildman–Crippen MR) is 70.7 cm³/mol. The summed E-state index contributed by atoms with van der Waals surface area (Å²) in [6.07, 6.45) is 1.97. The van der Waals surface area contributed by atoms with E-state index in [-0.39, 0.29) is 6.04 Å². The van der Waals surface area contributed by atoms with Crippen LogP contribution < -0.4 is 0 Å². The zero-order valence-electron chi connectivity index (χ0n) is 10.1. The van der Waals surface area contributed by atoms with Gasteiger partial charge in [-0.25, -0.2) is 0 Å². The molecule has 1 N–H and O–H groups in total. The van der Waals surface area contributed by atoms with E-state index < -0.39 is 0 Å². The van der Waals surface area contributed by atoms with Gasteiger partial charge in [-0.2, -0.15) is 5.10 Å². The topological polar surface area (TPSA) is 59.4 Å². The summed E-state index contributed by atoms with van der Waals surface area (Å²) >= 11 is 6.62. The Balaban J connectivity index is 2.53. The highest BCUT2D eigenvalue weighted by Gasteiger charge is 2.17. The van der Waals surface area contributed by atoms with E-state index in [0.29, 0.717) is 4.77 Å². The Morgan fingerprint density at radius 1 is 1.47 bits per heavy atom. The van der Waals surface area contributed by atoms with E-state index in [4.69, 9.17) is 12.2 Å². The average Bonchev–Trinajstić information content (AvgIpc) is 2.84. The maximum absolute atomic E-state index is 5.24. The van der Waals surface area contributed by atoms with Gasteiger partial charge in [0.15, 0.2) is 10.6 Å². The third-order valence-corrected chi connectivity index (χ3v) is 3.52. The highest BCUT2D eigenvalue weighted by Crippen LogP contribution is 2.27. The number of aromatic nitrogens is 5. The van der Waals surface area contributed by atoms with Gasteiger partial charge in [-0.15, -0.1) is 5.10 Å². The van der Waals surface area contributed by atoms with Crippen molar-refractivity contribution in [3.8, 4) is 10.7 Å². The molecule has 0 fully saturated rings. The van der Waals surface area contributed by atoms with Crippen molar-refractivity contribution in [2.24, 2.45) is 0 Å². The minimum absolute atomic E-state index is 0.271. The highest BCUT2D eigenvalue weighted by molar-refractivity contribution is 7.71.